The summed E-state index contributed by atoms with van der Waals surface area (Å²) >= 11 is 0. The van der Waals surface area contributed by atoms with Crippen molar-refractivity contribution in [2.45, 2.75) is 57.5 Å². The molecule has 3 rings (SSSR count). The quantitative estimate of drug-likeness (QED) is 0.937. The van der Waals surface area contributed by atoms with Crippen molar-refractivity contribution >= 4 is 16.9 Å². The third kappa shape index (κ3) is 3.00. The van der Waals surface area contributed by atoms with Crippen molar-refractivity contribution in [3.8, 4) is 0 Å². The van der Waals surface area contributed by atoms with Crippen molar-refractivity contribution in [3.05, 3.63) is 35.6 Å². The summed E-state index contributed by atoms with van der Waals surface area (Å²) in [7, 11) is 1.85. The molecule has 1 aromatic carbocycles. The van der Waals surface area contributed by atoms with Gasteiger partial charge in [0.15, 0.2) is 0 Å². The molecule has 0 unspecified atom stereocenters. The first-order valence-electron chi connectivity index (χ1n) is 8.59. The van der Waals surface area contributed by atoms with Crippen LogP contribution in [0.5, 0.6) is 0 Å². The van der Waals surface area contributed by atoms with Crippen molar-refractivity contribution in [3.63, 3.8) is 0 Å². The van der Waals surface area contributed by atoms with Gasteiger partial charge in [0.05, 0.1) is 5.54 Å². The molecule has 2 N–H and O–H groups in total. The van der Waals surface area contributed by atoms with Crippen LogP contribution in [0.25, 0.3) is 11.0 Å². The van der Waals surface area contributed by atoms with E-state index in [-0.39, 0.29) is 5.91 Å². The Morgan fingerprint density at radius 2 is 1.96 bits per heavy atom. The molecule has 4 nitrogen and oxygen atoms in total. The number of fused-ring (bicyclic) bond motifs is 1. The fourth-order valence-electron chi connectivity index (χ4n) is 3.69. The lowest BCUT2D eigenvalue weighted by Gasteiger charge is -2.35. The standard InChI is InChI=1S/C19H26N2O2/c1-3-16-15(14-9-5-6-10-17(14)23-16)13-21(2)18(22)19(20)11-7-4-8-12-19/h5-6,9-10H,3-4,7-8,11-13,20H2,1-2H3. The molecule has 1 fully saturated rings. The zero-order chi connectivity index (χ0) is 16.4. The van der Waals surface area contributed by atoms with Gasteiger partial charge in [0.1, 0.15) is 11.3 Å². The summed E-state index contributed by atoms with van der Waals surface area (Å²) in [6.07, 6.45) is 5.68. The highest BCUT2D eigenvalue weighted by molar-refractivity contribution is 5.87. The van der Waals surface area contributed by atoms with E-state index in [9.17, 15) is 4.79 Å². The third-order valence-corrected chi connectivity index (χ3v) is 5.02. The maximum atomic E-state index is 12.9. The number of hydrogen-bond donors (Lipinski definition) is 1. The second-order valence-corrected chi connectivity index (χ2v) is 6.73. The maximum Gasteiger partial charge on any atom is 0.242 e. The van der Waals surface area contributed by atoms with E-state index in [2.05, 4.69) is 13.0 Å². The number of hydrogen-bond acceptors (Lipinski definition) is 3. The lowest BCUT2D eigenvalue weighted by Crippen LogP contribution is -2.55. The fourth-order valence-corrected chi connectivity index (χ4v) is 3.69. The molecular formula is C19H26N2O2. The van der Waals surface area contributed by atoms with Gasteiger partial charge in [-0.1, -0.05) is 44.4 Å². The second kappa shape index (κ2) is 6.36. The van der Waals surface area contributed by atoms with Crippen LogP contribution in [-0.4, -0.2) is 23.4 Å². The Labute approximate surface area is 137 Å². The summed E-state index contributed by atoms with van der Waals surface area (Å²) in [5.41, 5.74) is 7.72. The van der Waals surface area contributed by atoms with E-state index in [1.807, 2.05) is 25.2 Å². The van der Waals surface area contributed by atoms with Crippen LogP contribution in [0.3, 0.4) is 0 Å². The number of benzene rings is 1. The van der Waals surface area contributed by atoms with Crippen molar-refractivity contribution in [1.29, 1.82) is 0 Å². The lowest BCUT2D eigenvalue weighted by atomic mass is 9.81. The van der Waals surface area contributed by atoms with Crippen molar-refractivity contribution in [2.75, 3.05) is 7.05 Å². The Morgan fingerprint density at radius 3 is 2.65 bits per heavy atom. The Balaban J connectivity index is 1.85. The Bertz CT molecular complexity index is 698. The minimum atomic E-state index is -0.682. The smallest absolute Gasteiger partial charge is 0.242 e. The zero-order valence-electron chi connectivity index (χ0n) is 14.1. The summed E-state index contributed by atoms with van der Waals surface area (Å²) in [6.45, 7) is 2.63. The number of furan rings is 1. The van der Waals surface area contributed by atoms with E-state index in [0.29, 0.717) is 6.54 Å². The van der Waals surface area contributed by atoms with Gasteiger partial charge < -0.3 is 15.1 Å². The third-order valence-electron chi connectivity index (χ3n) is 5.02. The minimum absolute atomic E-state index is 0.0598. The molecular weight excluding hydrogens is 288 g/mol. The molecule has 0 bridgehead atoms. The monoisotopic (exact) mass is 314 g/mol. The van der Waals surface area contributed by atoms with Crippen molar-refractivity contribution in [1.82, 2.24) is 4.90 Å². The molecule has 1 heterocycles. The van der Waals surface area contributed by atoms with Gasteiger partial charge in [-0.3, -0.25) is 4.79 Å². The summed E-state index contributed by atoms with van der Waals surface area (Å²) in [5.74, 6) is 1.02. The molecule has 1 amide bonds. The lowest BCUT2D eigenvalue weighted by molar-refractivity contribution is -0.137. The molecule has 23 heavy (non-hydrogen) atoms. The summed E-state index contributed by atoms with van der Waals surface area (Å²) in [6, 6.07) is 8.02. The number of nitrogens with two attached hydrogens (primary N) is 1. The Morgan fingerprint density at radius 1 is 1.26 bits per heavy atom. The first-order chi connectivity index (χ1) is 11.0. The van der Waals surface area contributed by atoms with Gasteiger partial charge in [0.2, 0.25) is 5.91 Å². The molecule has 0 saturated heterocycles. The summed E-state index contributed by atoms with van der Waals surface area (Å²) in [5, 5.41) is 1.10. The minimum Gasteiger partial charge on any atom is -0.461 e. The van der Waals surface area contributed by atoms with Crippen LogP contribution in [0.15, 0.2) is 28.7 Å². The van der Waals surface area contributed by atoms with Crippen molar-refractivity contribution < 1.29 is 9.21 Å². The molecule has 0 radical (unpaired) electrons. The van der Waals surface area contributed by atoms with Crippen LogP contribution >= 0.6 is 0 Å². The molecule has 1 aromatic heterocycles. The van der Waals surface area contributed by atoms with Gasteiger partial charge in [-0.15, -0.1) is 0 Å². The number of aryl methyl sites for hydroxylation is 1. The predicted octanol–water partition coefficient (Wildman–Crippen LogP) is 3.62. The second-order valence-electron chi connectivity index (χ2n) is 6.73. The molecule has 4 heteroatoms. The average molecular weight is 314 g/mol. The average Bonchev–Trinajstić information content (AvgIpc) is 2.92. The molecule has 0 aliphatic heterocycles. The van der Waals surface area contributed by atoms with E-state index in [1.54, 1.807) is 4.90 Å². The Kier molecular flexibility index (Phi) is 4.44. The van der Waals surface area contributed by atoms with Crippen LogP contribution in [0.1, 0.15) is 50.4 Å². The molecule has 1 aliphatic rings. The Hall–Kier alpha value is -1.81. The van der Waals surface area contributed by atoms with Gasteiger partial charge in [-0.2, -0.15) is 0 Å². The highest BCUT2D eigenvalue weighted by Crippen LogP contribution is 2.30. The first-order valence-corrected chi connectivity index (χ1v) is 8.59. The van der Waals surface area contributed by atoms with Gasteiger partial charge in [0.25, 0.3) is 0 Å². The van der Waals surface area contributed by atoms with E-state index in [4.69, 9.17) is 10.2 Å². The van der Waals surface area contributed by atoms with Gasteiger partial charge in [-0.25, -0.2) is 0 Å². The highest BCUT2D eigenvalue weighted by atomic mass is 16.3. The van der Waals surface area contributed by atoms with Crippen LogP contribution < -0.4 is 5.73 Å². The number of carbonyl (C=O) groups is 1. The van der Waals surface area contributed by atoms with Crippen LogP contribution in [0, 0.1) is 0 Å². The number of amides is 1. The first kappa shape index (κ1) is 16.1. The van der Waals surface area contributed by atoms with E-state index in [0.717, 1.165) is 54.4 Å². The highest BCUT2D eigenvalue weighted by Gasteiger charge is 2.37. The van der Waals surface area contributed by atoms with E-state index in [1.165, 1.54) is 6.42 Å². The molecule has 1 aliphatic carbocycles. The van der Waals surface area contributed by atoms with Crippen LogP contribution in [0.4, 0.5) is 0 Å². The number of para-hydroxylation sites is 1. The largest absolute Gasteiger partial charge is 0.461 e. The number of nitrogens with zero attached hydrogens (tertiary/aromatic N) is 1. The maximum absolute atomic E-state index is 12.9. The normalized spacial score (nSPS) is 17.3. The van der Waals surface area contributed by atoms with Gasteiger partial charge in [0, 0.05) is 31.0 Å². The molecule has 0 atom stereocenters. The van der Waals surface area contributed by atoms with Crippen LogP contribution in [0.2, 0.25) is 0 Å². The van der Waals surface area contributed by atoms with Crippen molar-refractivity contribution in [2.24, 2.45) is 5.73 Å². The van der Waals surface area contributed by atoms with E-state index >= 15 is 0 Å². The zero-order valence-corrected chi connectivity index (χ0v) is 14.1. The van der Waals surface area contributed by atoms with Gasteiger partial charge >= 0.3 is 0 Å². The van der Waals surface area contributed by atoms with E-state index < -0.39 is 5.54 Å². The topological polar surface area (TPSA) is 59.5 Å². The molecule has 1 saturated carbocycles. The predicted molar refractivity (Wildman–Crippen MR) is 92.1 cm³/mol. The number of likely N-dealkylation sites (N-methyl/N-ethyl adjacent to an activating group) is 1. The molecule has 124 valence electrons. The van der Waals surface area contributed by atoms with Gasteiger partial charge in [-0.05, 0) is 18.9 Å². The molecule has 0 spiro atoms. The summed E-state index contributed by atoms with van der Waals surface area (Å²) in [4.78, 5) is 14.6. The number of rotatable bonds is 4. The molecule has 2 aromatic rings. The number of carbonyl (C=O) groups excluding carboxylic acids is 1. The van der Waals surface area contributed by atoms with Crippen LogP contribution in [-0.2, 0) is 17.8 Å². The summed E-state index contributed by atoms with van der Waals surface area (Å²) < 4.78 is 5.93. The fraction of sp³-hybridized carbons (Fsp3) is 0.526. The SMILES string of the molecule is CCc1oc2ccccc2c1CN(C)C(=O)C1(N)CCCCC1.